The summed E-state index contributed by atoms with van der Waals surface area (Å²) < 4.78 is 34.3. The zero-order valence-electron chi connectivity index (χ0n) is 18.1. The van der Waals surface area contributed by atoms with Gasteiger partial charge in [0.15, 0.2) is 0 Å². The Morgan fingerprint density at radius 2 is 2.10 bits per heavy atom. The molecule has 1 aromatic carbocycles. The predicted octanol–water partition coefficient (Wildman–Crippen LogP) is 4.06. The summed E-state index contributed by atoms with van der Waals surface area (Å²) in [6.45, 7) is 5.66. The molecule has 0 bridgehead atoms. The molecular formula is C23H30F2N4O2. The van der Waals surface area contributed by atoms with E-state index >= 15 is 0 Å². The lowest BCUT2D eigenvalue weighted by Crippen LogP contribution is -2.48. The molecule has 1 N–H and O–H groups in total. The summed E-state index contributed by atoms with van der Waals surface area (Å²) in [7, 11) is 0. The number of benzene rings is 1. The van der Waals surface area contributed by atoms with Crippen LogP contribution in [0.25, 0.3) is 0 Å². The Kier molecular flexibility index (Phi) is 6.43. The number of anilines is 1. The van der Waals surface area contributed by atoms with Crippen LogP contribution in [0.4, 0.5) is 14.6 Å². The number of amides is 1. The fourth-order valence-corrected chi connectivity index (χ4v) is 4.73. The Balaban J connectivity index is 1.40. The molecule has 6 nitrogen and oxygen atoms in total. The number of hydrogen-bond acceptors (Lipinski definition) is 4. The summed E-state index contributed by atoms with van der Waals surface area (Å²) in [6.07, 6.45) is -0.00725. The van der Waals surface area contributed by atoms with Crippen LogP contribution in [0.1, 0.15) is 43.5 Å². The maximum atomic E-state index is 13.7. The first-order chi connectivity index (χ1) is 14.9. The topological polar surface area (TPSA) is 59.4 Å². The molecular weight excluding hydrogens is 402 g/mol. The van der Waals surface area contributed by atoms with E-state index in [1.165, 1.54) is 4.68 Å². The van der Waals surface area contributed by atoms with Gasteiger partial charge in [0.2, 0.25) is 5.91 Å². The minimum atomic E-state index is -2.47. The molecule has 2 aliphatic rings. The molecule has 8 heteroatoms. The number of carbonyl (C=O) groups is 1. The Bertz CT molecular complexity index is 899. The third-order valence-corrected chi connectivity index (χ3v) is 6.26. The van der Waals surface area contributed by atoms with Crippen molar-refractivity contribution in [2.75, 3.05) is 25.0 Å². The molecule has 0 radical (unpaired) electrons. The SMILES string of the molecule is CCOc1ccc(CC(=O)N2CCC[C@H]([C@@H]3C[C@H](C(F)F)n4nc(C)cc4N3)C2)cc1. The number of piperidine rings is 1. The molecule has 0 saturated carbocycles. The molecule has 0 aliphatic carbocycles. The van der Waals surface area contributed by atoms with Gasteiger partial charge in [-0.15, -0.1) is 0 Å². The maximum Gasteiger partial charge on any atom is 0.260 e. The van der Waals surface area contributed by atoms with E-state index in [9.17, 15) is 13.6 Å². The fourth-order valence-electron chi connectivity index (χ4n) is 4.73. The molecule has 1 amide bonds. The van der Waals surface area contributed by atoms with E-state index < -0.39 is 12.5 Å². The van der Waals surface area contributed by atoms with Gasteiger partial charge in [-0.2, -0.15) is 5.10 Å². The van der Waals surface area contributed by atoms with E-state index in [1.807, 2.05) is 49.1 Å². The lowest BCUT2D eigenvalue weighted by Gasteiger charge is -2.41. The van der Waals surface area contributed by atoms with Gasteiger partial charge in [0, 0.05) is 25.2 Å². The molecule has 168 valence electrons. The first-order valence-electron chi connectivity index (χ1n) is 11.0. The highest BCUT2D eigenvalue weighted by Gasteiger charge is 2.38. The van der Waals surface area contributed by atoms with Crippen LogP contribution in [0.3, 0.4) is 0 Å². The first kappa shape index (κ1) is 21.6. The standard InChI is InChI=1S/C23H30F2N4O2/c1-3-31-18-8-6-16(7-9-18)12-22(30)28-10-4-5-17(14-28)19-13-20(23(24)25)29-21(26-19)11-15(2)27-29/h6-9,11,17,19-20,23,26H,3-5,10,12-14H2,1-2H3/t17-,19-,20+/m0/s1. The van der Waals surface area contributed by atoms with Crippen LogP contribution in [0, 0.1) is 12.8 Å². The van der Waals surface area contributed by atoms with Gasteiger partial charge in [0.25, 0.3) is 6.43 Å². The van der Waals surface area contributed by atoms with Gasteiger partial charge in [-0.05, 0) is 56.7 Å². The van der Waals surface area contributed by atoms with Crippen LogP contribution in [0.2, 0.25) is 0 Å². The molecule has 31 heavy (non-hydrogen) atoms. The Morgan fingerprint density at radius 1 is 1.32 bits per heavy atom. The van der Waals surface area contributed by atoms with Gasteiger partial charge in [0.1, 0.15) is 17.6 Å². The third-order valence-electron chi connectivity index (χ3n) is 6.26. The van der Waals surface area contributed by atoms with Crippen LogP contribution < -0.4 is 10.1 Å². The number of carbonyl (C=O) groups excluding carboxylic acids is 1. The summed E-state index contributed by atoms with van der Waals surface area (Å²) in [6, 6.07) is 8.40. The third kappa shape index (κ3) is 4.83. The molecule has 3 atom stereocenters. The zero-order chi connectivity index (χ0) is 22.0. The minimum Gasteiger partial charge on any atom is -0.494 e. The number of ether oxygens (including phenoxy) is 1. The van der Waals surface area contributed by atoms with Crippen LogP contribution in [0.5, 0.6) is 5.75 Å². The van der Waals surface area contributed by atoms with Gasteiger partial charge in [-0.1, -0.05) is 12.1 Å². The number of aromatic nitrogens is 2. The second kappa shape index (κ2) is 9.24. The van der Waals surface area contributed by atoms with Gasteiger partial charge >= 0.3 is 0 Å². The van der Waals surface area contributed by atoms with Crippen LogP contribution in [-0.4, -0.2) is 52.8 Å². The maximum absolute atomic E-state index is 13.7. The lowest BCUT2D eigenvalue weighted by molar-refractivity contribution is -0.132. The van der Waals surface area contributed by atoms with Crippen molar-refractivity contribution < 1.29 is 18.3 Å². The summed E-state index contributed by atoms with van der Waals surface area (Å²) in [4.78, 5) is 14.8. The molecule has 4 rings (SSSR count). The molecule has 2 aliphatic heterocycles. The zero-order valence-corrected chi connectivity index (χ0v) is 18.1. The van der Waals surface area contributed by atoms with Gasteiger partial charge in [-0.3, -0.25) is 4.79 Å². The Hall–Kier alpha value is -2.64. The van der Waals surface area contributed by atoms with Gasteiger partial charge in [-0.25, -0.2) is 13.5 Å². The van der Waals surface area contributed by atoms with Crippen molar-refractivity contribution in [1.82, 2.24) is 14.7 Å². The molecule has 0 spiro atoms. The number of alkyl halides is 2. The van der Waals surface area contributed by atoms with E-state index in [2.05, 4.69) is 10.4 Å². The molecule has 1 fully saturated rings. The lowest BCUT2D eigenvalue weighted by atomic mass is 9.85. The van der Waals surface area contributed by atoms with Crippen molar-refractivity contribution in [3.05, 3.63) is 41.6 Å². The van der Waals surface area contributed by atoms with Crippen molar-refractivity contribution in [2.24, 2.45) is 5.92 Å². The number of nitrogens with one attached hydrogen (secondary N) is 1. The van der Waals surface area contributed by atoms with E-state index in [0.717, 1.165) is 29.8 Å². The quantitative estimate of drug-likeness (QED) is 0.748. The summed E-state index contributed by atoms with van der Waals surface area (Å²) >= 11 is 0. The highest BCUT2D eigenvalue weighted by atomic mass is 19.3. The van der Waals surface area contributed by atoms with Crippen molar-refractivity contribution in [3.8, 4) is 5.75 Å². The number of fused-ring (bicyclic) bond motifs is 1. The van der Waals surface area contributed by atoms with E-state index in [4.69, 9.17) is 4.74 Å². The number of aryl methyl sites for hydroxylation is 1. The second-order valence-corrected chi connectivity index (χ2v) is 8.50. The van der Waals surface area contributed by atoms with Crippen LogP contribution in [0.15, 0.2) is 30.3 Å². The summed E-state index contributed by atoms with van der Waals surface area (Å²) in [5.74, 6) is 1.67. The van der Waals surface area contributed by atoms with Crippen molar-refractivity contribution in [2.45, 2.75) is 58.0 Å². The van der Waals surface area contributed by atoms with Crippen molar-refractivity contribution in [1.29, 1.82) is 0 Å². The van der Waals surface area contributed by atoms with E-state index in [0.29, 0.717) is 38.4 Å². The minimum absolute atomic E-state index is 0.0796. The largest absolute Gasteiger partial charge is 0.494 e. The number of rotatable bonds is 6. The molecule has 1 saturated heterocycles. The highest BCUT2D eigenvalue weighted by molar-refractivity contribution is 5.79. The van der Waals surface area contributed by atoms with Crippen LogP contribution in [-0.2, 0) is 11.2 Å². The molecule has 2 aromatic rings. The van der Waals surface area contributed by atoms with E-state index in [1.54, 1.807) is 0 Å². The monoisotopic (exact) mass is 432 g/mol. The molecule has 1 aromatic heterocycles. The molecule has 0 unspecified atom stereocenters. The Labute approximate surface area is 181 Å². The number of halogens is 2. The fraction of sp³-hybridized carbons (Fsp3) is 0.565. The first-order valence-corrected chi connectivity index (χ1v) is 11.0. The van der Waals surface area contributed by atoms with Crippen molar-refractivity contribution in [3.63, 3.8) is 0 Å². The average molecular weight is 433 g/mol. The summed E-state index contributed by atoms with van der Waals surface area (Å²) in [5, 5.41) is 7.66. The predicted molar refractivity (Wildman–Crippen MR) is 115 cm³/mol. The summed E-state index contributed by atoms with van der Waals surface area (Å²) in [5.41, 5.74) is 1.67. The van der Waals surface area contributed by atoms with Gasteiger partial charge in [0.05, 0.1) is 18.7 Å². The highest BCUT2D eigenvalue weighted by Crippen LogP contribution is 2.36. The van der Waals surface area contributed by atoms with Crippen LogP contribution >= 0.6 is 0 Å². The number of nitrogens with zero attached hydrogens (tertiary/aromatic N) is 3. The normalized spacial score (nSPS) is 23.4. The molecule has 3 heterocycles. The van der Waals surface area contributed by atoms with Crippen molar-refractivity contribution >= 4 is 11.7 Å². The van der Waals surface area contributed by atoms with Gasteiger partial charge < -0.3 is 15.0 Å². The number of likely N-dealkylation sites (tertiary alicyclic amines) is 1. The average Bonchev–Trinajstić information content (AvgIpc) is 3.14. The second-order valence-electron chi connectivity index (χ2n) is 8.50. The number of hydrogen-bond donors (Lipinski definition) is 1. The van der Waals surface area contributed by atoms with E-state index in [-0.39, 0.29) is 17.9 Å². The smallest absolute Gasteiger partial charge is 0.260 e. The Morgan fingerprint density at radius 3 is 2.81 bits per heavy atom.